The number of anilines is 3. The molecule has 7 heteroatoms. The first kappa shape index (κ1) is 23.2. The lowest BCUT2D eigenvalue weighted by Gasteiger charge is -2.23. The summed E-state index contributed by atoms with van der Waals surface area (Å²) in [5.74, 6) is -0.204. The Labute approximate surface area is 204 Å². The van der Waals surface area contributed by atoms with Crippen molar-refractivity contribution in [3.8, 4) is 0 Å². The van der Waals surface area contributed by atoms with Crippen LogP contribution in [0.1, 0.15) is 35.6 Å². The lowest BCUT2D eigenvalue weighted by atomic mass is 10.0. The van der Waals surface area contributed by atoms with Crippen molar-refractivity contribution in [3.05, 3.63) is 88.4 Å². The fourth-order valence-corrected chi connectivity index (χ4v) is 4.68. The Bertz CT molecular complexity index is 1180. The molecule has 1 aliphatic rings. The number of benzene rings is 3. The monoisotopic (exact) mass is 478 g/mol. The Kier molecular flexibility index (Phi) is 7.28. The molecule has 1 heterocycles. The number of rotatable bonds is 7. The second kappa shape index (κ2) is 10.3. The molecular weight excluding hydrogens is 452 g/mol. The highest BCUT2D eigenvalue weighted by atomic mass is 35.5. The molecule has 170 valence electrons. The number of carbonyl (C=O) groups is 1. The molecule has 5 nitrogen and oxygen atoms in total. The molecule has 0 spiro atoms. The maximum atomic E-state index is 13.4. The van der Waals surface area contributed by atoms with Gasteiger partial charge in [0.05, 0.1) is 4.99 Å². The minimum absolute atomic E-state index is 0.204. The van der Waals surface area contributed by atoms with Gasteiger partial charge in [0, 0.05) is 40.7 Å². The van der Waals surface area contributed by atoms with Crippen LogP contribution in [-0.4, -0.2) is 17.4 Å². The molecule has 3 aromatic rings. The van der Waals surface area contributed by atoms with E-state index in [2.05, 4.69) is 15.5 Å². The Balaban J connectivity index is 1.59. The lowest BCUT2D eigenvalue weighted by Crippen LogP contribution is -2.28. The number of nitrogens with one attached hydrogen (secondary N) is 2. The number of nitrogens with two attached hydrogens (primary N) is 1. The van der Waals surface area contributed by atoms with Crippen LogP contribution < -0.4 is 21.3 Å². The van der Waals surface area contributed by atoms with Gasteiger partial charge in [-0.15, -0.1) is 0 Å². The summed E-state index contributed by atoms with van der Waals surface area (Å²) in [6.45, 7) is 3.39. The van der Waals surface area contributed by atoms with E-state index in [0.29, 0.717) is 17.1 Å². The summed E-state index contributed by atoms with van der Waals surface area (Å²) in [6, 6.07) is 20.3. The van der Waals surface area contributed by atoms with E-state index in [-0.39, 0.29) is 5.91 Å². The van der Waals surface area contributed by atoms with Crippen LogP contribution in [0.4, 0.5) is 17.1 Å². The predicted molar refractivity (Wildman–Crippen MR) is 141 cm³/mol. The van der Waals surface area contributed by atoms with Gasteiger partial charge in [-0.3, -0.25) is 4.79 Å². The number of hydrogen-bond acceptors (Lipinski definition) is 4. The average molecular weight is 479 g/mol. The molecule has 1 aliphatic heterocycles. The molecule has 0 radical (unpaired) electrons. The van der Waals surface area contributed by atoms with E-state index in [1.54, 1.807) is 6.07 Å². The Hall–Kier alpha value is -2.93. The van der Waals surface area contributed by atoms with Crippen LogP contribution in [0, 0.1) is 6.92 Å². The molecule has 4 N–H and O–H groups in total. The van der Waals surface area contributed by atoms with Crippen molar-refractivity contribution < 1.29 is 4.79 Å². The highest BCUT2D eigenvalue weighted by Gasteiger charge is 2.24. The third-order valence-corrected chi connectivity index (χ3v) is 6.55. The van der Waals surface area contributed by atoms with E-state index < -0.39 is 6.04 Å². The third-order valence-electron chi connectivity index (χ3n) is 5.78. The lowest BCUT2D eigenvalue weighted by molar-refractivity contribution is -0.117. The molecule has 3 aromatic carbocycles. The molecule has 0 aromatic heterocycles. The van der Waals surface area contributed by atoms with E-state index in [4.69, 9.17) is 29.6 Å². The topological polar surface area (TPSA) is 70.4 Å². The molecule has 0 bridgehead atoms. The first-order valence-corrected chi connectivity index (χ1v) is 11.8. The molecule has 33 heavy (non-hydrogen) atoms. The zero-order valence-corrected chi connectivity index (χ0v) is 20.0. The minimum Gasteiger partial charge on any atom is -0.370 e. The minimum atomic E-state index is -0.683. The molecule has 0 aliphatic carbocycles. The number of aryl methyl sites for hydroxylation is 1. The Morgan fingerprint density at radius 2 is 1.94 bits per heavy atom. The van der Waals surface area contributed by atoms with Gasteiger partial charge in [0.1, 0.15) is 6.04 Å². The number of amides is 1. The summed E-state index contributed by atoms with van der Waals surface area (Å²) in [5.41, 5.74) is 11.1. The molecule has 1 unspecified atom stereocenters. The van der Waals surface area contributed by atoms with Crippen molar-refractivity contribution in [3.63, 3.8) is 0 Å². The van der Waals surface area contributed by atoms with Crippen molar-refractivity contribution in [1.82, 2.24) is 0 Å². The van der Waals surface area contributed by atoms with Gasteiger partial charge in [-0.05, 0) is 67.3 Å². The third kappa shape index (κ3) is 5.36. The molecule has 1 saturated heterocycles. The zero-order valence-electron chi connectivity index (χ0n) is 18.5. The zero-order chi connectivity index (χ0) is 23.4. The molecule has 1 atom stereocenters. The van der Waals surface area contributed by atoms with Gasteiger partial charge in [-0.25, -0.2) is 0 Å². The van der Waals surface area contributed by atoms with Gasteiger partial charge in [-0.2, -0.15) is 0 Å². The van der Waals surface area contributed by atoms with Gasteiger partial charge in [0.25, 0.3) is 5.91 Å². The summed E-state index contributed by atoms with van der Waals surface area (Å²) in [7, 11) is 0. The maximum absolute atomic E-state index is 13.4. The Morgan fingerprint density at radius 1 is 1.12 bits per heavy atom. The van der Waals surface area contributed by atoms with E-state index in [9.17, 15) is 4.79 Å². The van der Waals surface area contributed by atoms with Crippen LogP contribution in [0.25, 0.3) is 0 Å². The number of hydrogen-bond donors (Lipinski definition) is 3. The standard InChI is InChI=1S/C26H27ClN4OS/c1-17-14-20(11-12-23(17)31-13-5-10-24(31)33)30-26(32)25(21-8-2-3-9-22(21)27)29-19-7-4-6-18(15-19)16-28/h2-4,6-9,11-12,14-15,25,29H,5,10,13,16,28H2,1H3,(H,30,32). The largest absolute Gasteiger partial charge is 0.370 e. The van der Waals surface area contributed by atoms with E-state index in [1.165, 1.54) is 0 Å². The molecule has 4 rings (SSSR count). The maximum Gasteiger partial charge on any atom is 0.251 e. The fraction of sp³-hybridized carbons (Fsp3) is 0.231. The van der Waals surface area contributed by atoms with E-state index in [0.717, 1.165) is 52.6 Å². The first-order valence-electron chi connectivity index (χ1n) is 11.0. The van der Waals surface area contributed by atoms with Crippen LogP contribution in [0.3, 0.4) is 0 Å². The summed E-state index contributed by atoms with van der Waals surface area (Å²) in [6.07, 6.45) is 2.02. The first-order chi connectivity index (χ1) is 16.0. The molecule has 0 saturated carbocycles. The number of nitrogens with zero attached hydrogens (tertiary/aromatic N) is 1. The molecule has 1 fully saturated rings. The van der Waals surface area contributed by atoms with E-state index >= 15 is 0 Å². The van der Waals surface area contributed by atoms with Crippen molar-refractivity contribution >= 4 is 51.8 Å². The van der Waals surface area contributed by atoms with Gasteiger partial charge in [0.15, 0.2) is 0 Å². The summed E-state index contributed by atoms with van der Waals surface area (Å²) in [4.78, 5) is 16.6. The normalized spacial score (nSPS) is 14.3. The number of carbonyl (C=O) groups excluding carboxylic acids is 1. The highest BCUT2D eigenvalue weighted by molar-refractivity contribution is 7.80. The summed E-state index contributed by atoms with van der Waals surface area (Å²) >= 11 is 12.0. The molecule has 1 amide bonds. The van der Waals surface area contributed by atoms with Crippen LogP contribution >= 0.6 is 23.8 Å². The smallest absolute Gasteiger partial charge is 0.251 e. The van der Waals surface area contributed by atoms with Crippen molar-refractivity contribution in [1.29, 1.82) is 0 Å². The predicted octanol–water partition coefficient (Wildman–Crippen LogP) is 5.83. The summed E-state index contributed by atoms with van der Waals surface area (Å²) < 4.78 is 0. The second-order valence-electron chi connectivity index (χ2n) is 8.14. The van der Waals surface area contributed by atoms with Crippen LogP contribution in [0.15, 0.2) is 66.7 Å². The number of halogens is 1. The van der Waals surface area contributed by atoms with Crippen LogP contribution in [0.2, 0.25) is 5.02 Å². The van der Waals surface area contributed by atoms with Gasteiger partial charge >= 0.3 is 0 Å². The quantitative estimate of drug-likeness (QED) is 0.373. The van der Waals surface area contributed by atoms with Gasteiger partial charge < -0.3 is 21.3 Å². The van der Waals surface area contributed by atoms with Crippen LogP contribution in [0.5, 0.6) is 0 Å². The van der Waals surface area contributed by atoms with Crippen molar-refractivity contribution in [2.75, 3.05) is 22.1 Å². The second-order valence-corrected chi connectivity index (χ2v) is 9.02. The van der Waals surface area contributed by atoms with Crippen molar-refractivity contribution in [2.24, 2.45) is 5.73 Å². The average Bonchev–Trinajstić information content (AvgIpc) is 3.24. The highest BCUT2D eigenvalue weighted by Crippen LogP contribution is 2.30. The van der Waals surface area contributed by atoms with Crippen LogP contribution in [-0.2, 0) is 11.3 Å². The fourth-order valence-electron chi connectivity index (χ4n) is 4.10. The van der Waals surface area contributed by atoms with Gasteiger partial charge in [-0.1, -0.05) is 54.2 Å². The summed E-state index contributed by atoms with van der Waals surface area (Å²) in [5, 5.41) is 6.90. The van der Waals surface area contributed by atoms with Crippen molar-refractivity contribution in [2.45, 2.75) is 32.4 Å². The SMILES string of the molecule is Cc1cc(NC(=O)C(Nc2cccc(CN)c2)c2ccccc2Cl)ccc1N1CCCC1=S. The van der Waals surface area contributed by atoms with E-state index in [1.807, 2.05) is 67.6 Å². The Morgan fingerprint density at radius 3 is 2.64 bits per heavy atom. The van der Waals surface area contributed by atoms with Gasteiger partial charge in [0.2, 0.25) is 0 Å². The number of thiocarbonyl (C=S) groups is 1. The molecular formula is C26H27ClN4OS.